The van der Waals surface area contributed by atoms with Gasteiger partial charge in [0, 0.05) is 18.0 Å². The van der Waals surface area contributed by atoms with Gasteiger partial charge in [0.15, 0.2) is 0 Å². The molecule has 0 aliphatic carbocycles. The largest absolute Gasteiger partial charge is 0.464 e. The fraction of sp³-hybridized carbons (Fsp3) is 0.500. The van der Waals surface area contributed by atoms with E-state index < -0.39 is 6.04 Å². The molecule has 1 aromatic rings. The third-order valence-corrected chi connectivity index (χ3v) is 3.94. The summed E-state index contributed by atoms with van der Waals surface area (Å²) in [5.74, 6) is 0.256. The Morgan fingerprint density at radius 2 is 1.95 bits per heavy atom. The number of rotatable bonds is 6. The highest BCUT2D eigenvalue weighted by atomic mass is 32.1. The maximum atomic E-state index is 12.4. The Bertz CT molecular complexity index is 509. The van der Waals surface area contributed by atoms with Crippen molar-refractivity contribution in [2.24, 2.45) is 0 Å². The van der Waals surface area contributed by atoms with Crippen LogP contribution in [0.4, 0.5) is 5.69 Å². The maximum Gasteiger partial charge on any atom is 0.328 e. The van der Waals surface area contributed by atoms with Crippen LogP contribution in [-0.4, -0.2) is 42.9 Å². The molecule has 1 heterocycles. The van der Waals surface area contributed by atoms with E-state index in [9.17, 15) is 9.59 Å². The summed E-state index contributed by atoms with van der Waals surface area (Å²) in [6, 6.07) is 8.78. The van der Waals surface area contributed by atoms with Gasteiger partial charge >= 0.3 is 5.97 Å². The van der Waals surface area contributed by atoms with Crippen LogP contribution in [0.25, 0.3) is 0 Å². The van der Waals surface area contributed by atoms with Gasteiger partial charge in [-0.2, -0.15) is 12.6 Å². The minimum atomic E-state index is -0.408. The van der Waals surface area contributed by atoms with E-state index in [1.165, 1.54) is 0 Å². The number of anilines is 1. The second-order valence-electron chi connectivity index (χ2n) is 5.12. The first kappa shape index (κ1) is 16.7. The Hall–Kier alpha value is -1.69. The van der Waals surface area contributed by atoms with E-state index in [1.807, 2.05) is 35.2 Å². The van der Waals surface area contributed by atoms with Crippen molar-refractivity contribution in [2.75, 3.05) is 23.8 Å². The number of nitrogens with zero attached hydrogens (tertiary/aromatic N) is 1. The summed E-state index contributed by atoms with van der Waals surface area (Å²) in [4.78, 5) is 26.5. The highest BCUT2D eigenvalue weighted by Crippen LogP contribution is 2.31. The van der Waals surface area contributed by atoms with Gasteiger partial charge in [0.1, 0.15) is 12.1 Å². The summed E-state index contributed by atoms with van der Waals surface area (Å²) >= 11 is 4.11. The van der Waals surface area contributed by atoms with E-state index in [0.717, 1.165) is 5.69 Å². The molecule has 0 aromatic heterocycles. The number of nitrogens with one attached hydrogen (secondary N) is 1. The first-order valence-corrected chi connectivity index (χ1v) is 8.20. The molecule has 1 aromatic carbocycles. The number of para-hydroxylation sites is 1. The molecule has 2 atom stereocenters. The van der Waals surface area contributed by atoms with Gasteiger partial charge in [0.05, 0.1) is 6.61 Å². The van der Waals surface area contributed by atoms with Crippen molar-refractivity contribution in [3.05, 3.63) is 30.3 Å². The lowest BCUT2D eigenvalue weighted by Crippen LogP contribution is -2.49. The molecule has 1 aliphatic rings. The summed E-state index contributed by atoms with van der Waals surface area (Å²) < 4.78 is 5.16. The fourth-order valence-electron chi connectivity index (χ4n) is 2.80. The lowest BCUT2D eigenvalue weighted by atomic mass is 10.2. The van der Waals surface area contributed by atoms with Crippen LogP contribution < -0.4 is 10.2 Å². The Morgan fingerprint density at radius 3 is 2.59 bits per heavy atom. The van der Waals surface area contributed by atoms with Crippen LogP contribution in [0.5, 0.6) is 0 Å². The van der Waals surface area contributed by atoms with Crippen LogP contribution >= 0.6 is 12.6 Å². The number of benzene rings is 1. The zero-order valence-corrected chi connectivity index (χ0v) is 13.6. The number of amides is 1. The molecule has 0 radical (unpaired) electrons. The molecular formula is C16H22N2O3S. The summed E-state index contributed by atoms with van der Waals surface area (Å²) in [6.07, 6.45) is 1.25. The molecule has 1 N–H and O–H groups in total. The lowest BCUT2D eigenvalue weighted by molar-refractivity contribution is -0.144. The molecule has 2 unspecified atom stereocenters. The molecule has 1 aliphatic heterocycles. The van der Waals surface area contributed by atoms with Gasteiger partial charge in [-0.1, -0.05) is 18.2 Å². The second kappa shape index (κ2) is 8.08. The van der Waals surface area contributed by atoms with Crippen LogP contribution in [0.15, 0.2) is 30.3 Å². The third kappa shape index (κ3) is 3.74. The molecule has 6 heteroatoms. The molecule has 0 saturated carbocycles. The number of carbonyl (C=O) groups excluding carboxylic acids is 2. The molecule has 1 amide bonds. The van der Waals surface area contributed by atoms with Crippen molar-refractivity contribution < 1.29 is 14.3 Å². The van der Waals surface area contributed by atoms with Crippen LogP contribution in [0.3, 0.4) is 0 Å². The van der Waals surface area contributed by atoms with E-state index in [0.29, 0.717) is 31.7 Å². The Balaban J connectivity index is 2.23. The molecule has 120 valence electrons. The average molecular weight is 322 g/mol. The van der Waals surface area contributed by atoms with Gasteiger partial charge in [0.2, 0.25) is 5.91 Å². The van der Waals surface area contributed by atoms with Crippen LogP contribution in [0.2, 0.25) is 0 Å². The van der Waals surface area contributed by atoms with Gasteiger partial charge < -0.3 is 15.0 Å². The molecule has 1 saturated heterocycles. The topological polar surface area (TPSA) is 58.6 Å². The van der Waals surface area contributed by atoms with Gasteiger partial charge in [-0.15, -0.1) is 0 Å². The zero-order valence-electron chi connectivity index (χ0n) is 12.7. The normalized spacial score (nSPS) is 20.7. The van der Waals surface area contributed by atoms with E-state index in [2.05, 4.69) is 17.9 Å². The Morgan fingerprint density at radius 1 is 1.27 bits per heavy atom. The molecular weight excluding hydrogens is 300 g/mol. The maximum absolute atomic E-state index is 12.4. The smallest absolute Gasteiger partial charge is 0.328 e. The molecule has 0 bridgehead atoms. The Labute approximate surface area is 136 Å². The first-order valence-electron chi connectivity index (χ1n) is 7.57. The van der Waals surface area contributed by atoms with Crippen LogP contribution in [0, 0.1) is 0 Å². The molecule has 5 nitrogen and oxygen atoms in total. The quantitative estimate of drug-likeness (QED) is 0.617. The predicted molar refractivity (Wildman–Crippen MR) is 89.2 cm³/mol. The van der Waals surface area contributed by atoms with Crippen molar-refractivity contribution in [1.29, 1.82) is 0 Å². The minimum Gasteiger partial charge on any atom is -0.464 e. The number of ether oxygens (including phenoxy) is 1. The third-order valence-electron chi connectivity index (χ3n) is 3.71. The summed E-state index contributed by atoms with van der Waals surface area (Å²) in [5.41, 5.74) is 0.865. The first-order chi connectivity index (χ1) is 10.7. The standard InChI is InChI=1S/C16H22N2O3S/c1-2-21-16(20)14-9-8-13(15(19)17-10-11-22)18(14)12-6-4-3-5-7-12/h3-7,13-14,22H,2,8-11H2,1H3,(H,17,19). The number of hydrogen-bond donors (Lipinski definition) is 2. The van der Waals surface area contributed by atoms with Crippen LogP contribution in [0.1, 0.15) is 19.8 Å². The highest BCUT2D eigenvalue weighted by Gasteiger charge is 2.42. The molecule has 22 heavy (non-hydrogen) atoms. The van der Waals surface area contributed by atoms with Crippen molar-refractivity contribution in [3.8, 4) is 0 Å². The van der Waals surface area contributed by atoms with E-state index in [1.54, 1.807) is 6.92 Å². The van der Waals surface area contributed by atoms with Crippen molar-refractivity contribution in [3.63, 3.8) is 0 Å². The van der Waals surface area contributed by atoms with Gasteiger partial charge in [-0.25, -0.2) is 4.79 Å². The number of hydrogen-bond acceptors (Lipinski definition) is 5. The van der Waals surface area contributed by atoms with E-state index >= 15 is 0 Å². The number of thiol groups is 1. The van der Waals surface area contributed by atoms with Gasteiger partial charge in [-0.05, 0) is 31.9 Å². The lowest BCUT2D eigenvalue weighted by Gasteiger charge is -2.30. The summed E-state index contributed by atoms with van der Waals surface area (Å²) in [6.45, 7) is 2.65. The second-order valence-corrected chi connectivity index (χ2v) is 5.57. The SMILES string of the molecule is CCOC(=O)C1CCC(C(=O)NCCS)N1c1ccccc1. The van der Waals surface area contributed by atoms with E-state index in [4.69, 9.17) is 4.74 Å². The number of esters is 1. The average Bonchev–Trinajstić information content (AvgIpc) is 2.98. The summed E-state index contributed by atoms with van der Waals surface area (Å²) in [5, 5.41) is 2.86. The highest BCUT2D eigenvalue weighted by molar-refractivity contribution is 7.80. The zero-order chi connectivity index (χ0) is 15.9. The molecule has 1 fully saturated rings. The van der Waals surface area contributed by atoms with Crippen molar-refractivity contribution in [2.45, 2.75) is 31.8 Å². The number of carbonyl (C=O) groups is 2. The van der Waals surface area contributed by atoms with E-state index in [-0.39, 0.29) is 17.9 Å². The van der Waals surface area contributed by atoms with Gasteiger partial charge in [-0.3, -0.25) is 4.79 Å². The summed E-state index contributed by atoms with van der Waals surface area (Å²) in [7, 11) is 0. The van der Waals surface area contributed by atoms with Crippen molar-refractivity contribution in [1.82, 2.24) is 5.32 Å². The minimum absolute atomic E-state index is 0.0651. The monoisotopic (exact) mass is 322 g/mol. The van der Waals surface area contributed by atoms with Gasteiger partial charge in [0.25, 0.3) is 0 Å². The van der Waals surface area contributed by atoms with Crippen LogP contribution in [-0.2, 0) is 14.3 Å². The van der Waals surface area contributed by atoms with Crippen molar-refractivity contribution >= 4 is 30.2 Å². The molecule has 0 spiro atoms. The predicted octanol–water partition coefficient (Wildman–Crippen LogP) is 1.63. The Kier molecular flexibility index (Phi) is 6.12. The fourth-order valence-corrected chi connectivity index (χ4v) is 2.91. The molecule has 2 rings (SSSR count).